The molecular formula is C20H18N2O. The summed E-state index contributed by atoms with van der Waals surface area (Å²) in [7, 11) is 0. The van der Waals surface area contributed by atoms with Gasteiger partial charge in [0.1, 0.15) is 0 Å². The Labute approximate surface area is 136 Å². The van der Waals surface area contributed by atoms with Crippen LogP contribution in [0.1, 0.15) is 27.5 Å². The summed E-state index contributed by atoms with van der Waals surface area (Å²) in [5.74, 6) is -0.108. The Morgan fingerprint density at radius 2 is 1.61 bits per heavy atom. The zero-order valence-electron chi connectivity index (χ0n) is 12.7. The molecule has 0 unspecified atom stereocenters. The molecule has 3 heteroatoms. The Balaban J connectivity index is 1.82. The third-order valence-electron chi connectivity index (χ3n) is 3.71. The van der Waals surface area contributed by atoms with Crippen LogP contribution in [-0.2, 0) is 6.42 Å². The molecule has 0 spiro atoms. The van der Waals surface area contributed by atoms with Gasteiger partial charge in [0, 0.05) is 12.4 Å². The van der Waals surface area contributed by atoms with E-state index in [0.717, 1.165) is 12.0 Å². The molecule has 1 heterocycles. The highest BCUT2D eigenvalue weighted by Crippen LogP contribution is 2.19. The van der Waals surface area contributed by atoms with E-state index in [4.69, 9.17) is 0 Å². The van der Waals surface area contributed by atoms with E-state index in [0.29, 0.717) is 5.56 Å². The van der Waals surface area contributed by atoms with Crippen LogP contribution in [0.2, 0.25) is 0 Å². The molecule has 1 aromatic heterocycles. The fourth-order valence-electron chi connectivity index (χ4n) is 2.53. The molecule has 0 aliphatic rings. The molecule has 0 bridgehead atoms. The topological polar surface area (TPSA) is 42.0 Å². The van der Waals surface area contributed by atoms with Gasteiger partial charge in [-0.15, -0.1) is 0 Å². The van der Waals surface area contributed by atoms with Gasteiger partial charge in [-0.3, -0.25) is 9.78 Å². The van der Waals surface area contributed by atoms with Crippen LogP contribution in [0.15, 0.2) is 85.2 Å². The van der Waals surface area contributed by atoms with Gasteiger partial charge in [-0.25, -0.2) is 0 Å². The second-order valence-electron chi connectivity index (χ2n) is 5.37. The maximum absolute atomic E-state index is 12.5. The van der Waals surface area contributed by atoms with Crippen molar-refractivity contribution in [3.05, 3.63) is 102 Å². The van der Waals surface area contributed by atoms with E-state index < -0.39 is 0 Å². The van der Waals surface area contributed by atoms with Crippen LogP contribution in [0.5, 0.6) is 0 Å². The number of carbonyl (C=O) groups is 1. The Hall–Kier alpha value is -2.94. The average Bonchev–Trinajstić information content (AvgIpc) is 2.63. The number of nitrogens with one attached hydrogen (secondary N) is 1. The molecule has 0 aliphatic carbocycles. The van der Waals surface area contributed by atoms with Crippen molar-refractivity contribution in [2.24, 2.45) is 0 Å². The van der Waals surface area contributed by atoms with E-state index in [9.17, 15) is 4.79 Å². The van der Waals surface area contributed by atoms with Crippen LogP contribution in [0.3, 0.4) is 0 Å². The molecule has 0 fully saturated rings. The normalized spacial score (nSPS) is 11.7. The van der Waals surface area contributed by atoms with Gasteiger partial charge >= 0.3 is 0 Å². The molecule has 3 rings (SSSR count). The lowest BCUT2D eigenvalue weighted by Crippen LogP contribution is -2.30. The van der Waals surface area contributed by atoms with Gasteiger partial charge in [-0.05, 0) is 29.7 Å². The standard InChI is InChI=1S/C20H18N2O/c23-20(18-12-7-13-21-15-18)22-19(17-10-5-2-6-11-17)14-16-8-3-1-4-9-16/h1-13,15,19H,14H2,(H,22,23)/t19-/m0/s1. The van der Waals surface area contributed by atoms with Crippen LogP contribution < -0.4 is 5.32 Å². The summed E-state index contributed by atoms with van der Waals surface area (Å²) in [6.45, 7) is 0. The maximum atomic E-state index is 12.5. The highest BCUT2D eigenvalue weighted by Gasteiger charge is 2.16. The monoisotopic (exact) mass is 302 g/mol. The number of aromatic nitrogens is 1. The lowest BCUT2D eigenvalue weighted by atomic mass is 9.98. The van der Waals surface area contributed by atoms with Gasteiger partial charge in [0.05, 0.1) is 11.6 Å². The van der Waals surface area contributed by atoms with Crippen LogP contribution in [0, 0.1) is 0 Å². The molecule has 1 atom stereocenters. The number of nitrogens with zero attached hydrogens (tertiary/aromatic N) is 1. The van der Waals surface area contributed by atoms with Crippen LogP contribution >= 0.6 is 0 Å². The number of hydrogen-bond donors (Lipinski definition) is 1. The minimum Gasteiger partial charge on any atom is -0.345 e. The SMILES string of the molecule is O=C(N[C@@H](Cc1ccccc1)c1ccccc1)c1cccnc1. The summed E-state index contributed by atoms with van der Waals surface area (Å²) in [6.07, 6.45) is 3.99. The highest BCUT2D eigenvalue weighted by atomic mass is 16.1. The van der Waals surface area contributed by atoms with E-state index in [1.807, 2.05) is 48.5 Å². The van der Waals surface area contributed by atoms with Crippen LogP contribution in [-0.4, -0.2) is 10.9 Å². The molecule has 1 N–H and O–H groups in total. The van der Waals surface area contributed by atoms with Crippen molar-refractivity contribution < 1.29 is 4.79 Å². The highest BCUT2D eigenvalue weighted by molar-refractivity contribution is 5.94. The summed E-state index contributed by atoms with van der Waals surface area (Å²) in [4.78, 5) is 16.5. The number of hydrogen-bond acceptors (Lipinski definition) is 2. The van der Waals surface area contributed by atoms with Gasteiger partial charge in [0.15, 0.2) is 0 Å². The predicted molar refractivity (Wildman–Crippen MR) is 91.0 cm³/mol. The van der Waals surface area contributed by atoms with E-state index in [2.05, 4.69) is 22.4 Å². The van der Waals surface area contributed by atoms with Crippen LogP contribution in [0.25, 0.3) is 0 Å². The zero-order valence-corrected chi connectivity index (χ0v) is 12.7. The van der Waals surface area contributed by atoms with Gasteiger partial charge in [0.25, 0.3) is 5.91 Å². The Bertz CT molecular complexity index is 742. The zero-order chi connectivity index (χ0) is 15.9. The van der Waals surface area contributed by atoms with E-state index in [1.165, 1.54) is 5.56 Å². The van der Waals surface area contributed by atoms with Crippen molar-refractivity contribution in [3.8, 4) is 0 Å². The maximum Gasteiger partial charge on any atom is 0.253 e. The summed E-state index contributed by atoms with van der Waals surface area (Å²) >= 11 is 0. The molecule has 2 aromatic carbocycles. The van der Waals surface area contributed by atoms with Gasteiger partial charge < -0.3 is 5.32 Å². The molecule has 0 radical (unpaired) electrons. The van der Waals surface area contributed by atoms with Crippen molar-refractivity contribution in [1.82, 2.24) is 10.3 Å². The second kappa shape index (κ2) is 7.36. The molecule has 1 amide bonds. The number of carbonyl (C=O) groups excluding carboxylic acids is 1. The Morgan fingerprint density at radius 3 is 2.26 bits per heavy atom. The van der Waals surface area contributed by atoms with Crippen molar-refractivity contribution in [2.75, 3.05) is 0 Å². The first-order chi connectivity index (χ1) is 11.3. The number of rotatable bonds is 5. The van der Waals surface area contributed by atoms with Crippen molar-refractivity contribution in [2.45, 2.75) is 12.5 Å². The molecule has 3 nitrogen and oxygen atoms in total. The first kappa shape index (κ1) is 15.0. The number of pyridine rings is 1. The summed E-state index contributed by atoms with van der Waals surface area (Å²) in [6, 6.07) is 23.7. The van der Waals surface area contributed by atoms with Crippen molar-refractivity contribution in [1.29, 1.82) is 0 Å². The second-order valence-corrected chi connectivity index (χ2v) is 5.37. The van der Waals surface area contributed by atoms with Crippen molar-refractivity contribution in [3.63, 3.8) is 0 Å². The lowest BCUT2D eigenvalue weighted by Gasteiger charge is -2.19. The first-order valence-corrected chi connectivity index (χ1v) is 7.63. The van der Waals surface area contributed by atoms with E-state index in [-0.39, 0.29) is 11.9 Å². The molecule has 0 saturated heterocycles. The Kier molecular flexibility index (Phi) is 4.79. The first-order valence-electron chi connectivity index (χ1n) is 7.63. The number of amides is 1. The van der Waals surface area contributed by atoms with E-state index >= 15 is 0 Å². The quantitative estimate of drug-likeness (QED) is 0.779. The van der Waals surface area contributed by atoms with Gasteiger partial charge in [-0.2, -0.15) is 0 Å². The van der Waals surface area contributed by atoms with Gasteiger partial charge in [-0.1, -0.05) is 60.7 Å². The summed E-state index contributed by atoms with van der Waals surface area (Å²) < 4.78 is 0. The molecule has 23 heavy (non-hydrogen) atoms. The smallest absolute Gasteiger partial charge is 0.253 e. The molecule has 0 saturated carbocycles. The third-order valence-corrected chi connectivity index (χ3v) is 3.71. The average molecular weight is 302 g/mol. The third kappa shape index (κ3) is 4.04. The fourth-order valence-corrected chi connectivity index (χ4v) is 2.53. The molecule has 3 aromatic rings. The predicted octanol–water partition coefficient (Wildman–Crippen LogP) is 3.80. The minimum absolute atomic E-state index is 0.0775. The van der Waals surface area contributed by atoms with E-state index in [1.54, 1.807) is 24.5 Å². The molecule has 0 aliphatic heterocycles. The number of benzene rings is 2. The lowest BCUT2D eigenvalue weighted by molar-refractivity contribution is 0.0936. The summed E-state index contributed by atoms with van der Waals surface area (Å²) in [5.41, 5.74) is 2.85. The van der Waals surface area contributed by atoms with Crippen LogP contribution in [0.4, 0.5) is 0 Å². The largest absolute Gasteiger partial charge is 0.345 e. The minimum atomic E-state index is -0.108. The summed E-state index contributed by atoms with van der Waals surface area (Å²) in [5, 5.41) is 3.12. The molecule has 114 valence electrons. The van der Waals surface area contributed by atoms with Gasteiger partial charge in [0.2, 0.25) is 0 Å². The fraction of sp³-hybridized carbons (Fsp3) is 0.100. The molecular weight excluding hydrogens is 284 g/mol. The Morgan fingerprint density at radius 1 is 0.913 bits per heavy atom. The van der Waals surface area contributed by atoms with Crippen molar-refractivity contribution >= 4 is 5.91 Å².